The van der Waals surface area contributed by atoms with Crippen LogP contribution in [0.15, 0.2) is 75.2 Å². The largest absolute Gasteiger partial charge is 0.503 e. The second-order valence-electron chi connectivity index (χ2n) is 6.27. The summed E-state index contributed by atoms with van der Waals surface area (Å²) in [5.74, 6) is -2.35. The lowest BCUT2D eigenvalue weighted by Gasteiger charge is -2.21. The van der Waals surface area contributed by atoms with Crippen LogP contribution in [-0.2, 0) is 4.79 Å². The lowest BCUT2D eigenvalue weighted by atomic mass is 10.00. The number of Topliss-reactive ketones (excluding diaryl/α,β-unsaturated/α-hetero) is 1. The van der Waals surface area contributed by atoms with E-state index in [0.29, 0.717) is 10.2 Å². The molecule has 4 aromatic rings. The van der Waals surface area contributed by atoms with Gasteiger partial charge in [0.2, 0.25) is 5.78 Å². The summed E-state index contributed by atoms with van der Waals surface area (Å²) in [5, 5.41) is 10.7. The van der Waals surface area contributed by atoms with Crippen molar-refractivity contribution in [1.29, 1.82) is 0 Å². The Morgan fingerprint density at radius 3 is 2.69 bits per heavy atom. The van der Waals surface area contributed by atoms with E-state index in [9.17, 15) is 19.1 Å². The topological polar surface area (TPSA) is 96.8 Å². The third-order valence-corrected chi connectivity index (χ3v) is 5.57. The van der Waals surface area contributed by atoms with Crippen LogP contribution in [0.4, 0.5) is 9.52 Å². The molecule has 29 heavy (non-hydrogen) atoms. The summed E-state index contributed by atoms with van der Waals surface area (Å²) in [7, 11) is 0. The van der Waals surface area contributed by atoms with Crippen molar-refractivity contribution in [3.63, 3.8) is 0 Å². The highest BCUT2D eigenvalue weighted by Gasteiger charge is 2.47. The molecule has 0 bridgehead atoms. The number of carbonyl (C=O) groups excluding carboxylic acids is 2. The number of amides is 1. The van der Waals surface area contributed by atoms with Crippen LogP contribution in [0.25, 0.3) is 10.2 Å². The fourth-order valence-corrected chi connectivity index (χ4v) is 4.30. The number of aromatic nitrogens is 1. The number of halogens is 1. The highest BCUT2D eigenvalue weighted by atomic mass is 32.1. The van der Waals surface area contributed by atoms with E-state index in [1.54, 1.807) is 12.1 Å². The van der Waals surface area contributed by atoms with Crippen LogP contribution in [0.2, 0.25) is 0 Å². The molecule has 5 rings (SSSR count). The third kappa shape index (κ3) is 2.66. The number of hydrogen-bond acceptors (Lipinski definition) is 7. The van der Waals surface area contributed by atoms with Gasteiger partial charge in [0.15, 0.2) is 16.7 Å². The maximum Gasteiger partial charge on any atom is 0.296 e. The predicted octanol–water partition coefficient (Wildman–Crippen LogP) is 4.40. The fourth-order valence-electron chi connectivity index (χ4n) is 3.28. The normalized spacial score (nSPS) is 16.9. The average Bonchev–Trinajstić information content (AvgIpc) is 3.49. The SMILES string of the molecule is O=C(C1=C(O)C(=O)N(c2nc3ccc(F)cc3s2)C1c1ccco1)c1ccco1. The molecule has 1 aliphatic heterocycles. The second kappa shape index (κ2) is 6.42. The van der Waals surface area contributed by atoms with Crippen molar-refractivity contribution >= 4 is 38.4 Å². The Morgan fingerprint density at radius 2 is 1.97 bits per heavy atom. The van der Waals surface area contributed by atoms with E-state index in [1.807, 2.05) is 0 Å². The van der Waals surface area contributed by atoms with Gasteiger partial charge in [0, 0.05) is 0 Å². The Bertz CT molecular complexity index is 1270. The molecule has 1 aromatic carbocycles. The molecule has 0 radical (unpaired) electrons. The summed E-state index contributed by atoms with van der Waals surface area (Å²) in [6, 6.07) is 9.20. The number of rotatable bonds is 4. The van der Waals surface area contributed by atoms with Crippen LogP contribution >= 0.6 is 11.3 Å². The van der Waals surface area contributed by atoms with Crippen LogP contribution in [0.5, 0.6) is 0 Å². The van der Waals surface area contributed by atoms with E-state index < -0.39 is 29.3 Å². The van der Waals surface area contributed by atoms with E-state index in [4.69, 9.17) is 8.83 Å². The molecule has 0 saturated carbocycles. The summed E-state index contributed by atoms with van der Waals surface area (Å²) < 4.78 is 24.7. The molecule has 3 aromatic heterocycles. The van der Waals surface area contributed by atoms with Crippen molar-refractivity contribution in [3.05, 3.63) is 83.7 Å². The first-order valence-corrected chi connectivity index (χ1v) is 9.30. The summed E-state index contributed by atoms with van der Waals surface area (Å²) in [6.07, 6.45) is 2.72. The number of carbonyl (C=O) groups is 2. The second-order valence-corrected chi connectivity index (χ2v) is 7.28. The minimum absolute atomic E-state index is 0.0240. The van der Waals surface area contributed by atoms with E-state index in [2.05, 4.69) is 4.98 Å². The van der Waals surface area contributed by atoms with Crippen molar-refractivity contribution in [2.24, 2.45) is 0 Å². The summed E-state index contributed by atoms with van der Waals surface area (Å²) >= 11 is 1.07. The number of fused-ring (bicyclic) bond motifs is 1. The molecule has 1 amide bonds. The first-order valence-electron chi connectivity index (χ1n) is 8.49. The molecular formula is C20H11FN2O5S. The first-order chi connectivity index (χ1) is 14.0. The van der Waals surface area contributed by atoms with Gasteiger partial charge in [-0.05, 0) is 42.5 Å². The van der Waals surface area contributed by atoms with Crippen LogP contribution in [0.3, 0.4) is 0 Å². The Morgan fingerprint density at radius 1 is 1.17 bits per heavy atom. The minimum Gasteiger partial charge on any atom is -0.503 e. The van der Waals surface area contributed by atoms with Gasteiger partial charge in [-0.2, -0.15) is 0 Å². The van der Waals surface area contributed by atoms with Gasteiger partial charge in [-0.3, -0.25) is 14.5 Å². The molecule has 1 unspecified atom stereocenters. The number of nitrogens with zero attached hydrogens (tertiary/aromatic N) is 2. The molecule has 7 nitrogen and oxygen atoms in total. The Kier molecular flexibility index (Phi) is 3.85. The lowest BCUT2D eigenvalue weighted by molar-refractivity contribution is -0.117. The van der Waals surface area contributed by atoms with Crippen molar-refractivity contribution in [3.8, 4) is 0 Å². The standard InChI is InChI=1S/C20H11FN2O5S/c21-10-5-6-11-14(9-10)29-20(22-11)23-16(12-3-1-7-27-12)15(18(25)19(23)26)17(24)13-4-2-8-28-13/h1-9,16,25H. The number of furan rings is 2. The molecule has 9 heteroatoms. The zero-order valence-electron chi connectivity index (χ0n) is 14.5. The van der Waals surface area contributed by atoms with Gasteiger partial charge in [0.1, 0.15) is 17.6 Å². The third-order valence-electron chi connectivity index (χ3n) is 4.56. The highest BCUT2D eigenvalue weighted by molar-refractivity contribution is 7.22. The molecule has 0 spiro atoms. The monoisotopic (exact) mass is 410 g/mol. The maximum absolute atomic E-state index is 13.6. The van der Waals surface area contributed by atoms with Gasteiger partial charge in [-0.15, -0.1) is 0 Å². The number of anilines is 1. The number of hydrogen-bond donors (Lipinski definition) is 1. The van der Waals surface area contributed by atoms with Crippen LogP contribution in [0.1, 0.15) is 22.4 Å². The zero-order valence-corrected chi connectivity index (χ0v) is 15.4. The average molecular weight is 410 g/mol. The maximum atomic E-state index is 13.6. The van der Waals surface area contributed by atoms with E-state index in [1.165, 1.54) is 47.8 Å². The Hall–Kier alpha value is -3.72. The van der Waals surface area contributed by atoms with Gasteiger partial charge in [0.05, 0.1) is 28.3 Å². The number of aliphatic hydroxyl groups is 1. The predicted molar refractivity (Wildman–Crippen MR) is 101 cm³/mol. The number of benzene rings is 1. The number of aliphatic hydroxyl groups excluding tert-OH is 1. The summed E-state index contributed by atoms with van der Waals surface area (Å²) in [6.45, 7) is 0. The van der Waals surface area contributed by atoms with E-state index in [0.717, 1.165) is 11.3 Å². The summed E-state index contributed by atoms with van der Waals surface area (Å²) in [4.78, 5) is 31.4. The van der Waals surface area contributed by atoms with E-state index >= 15 is 0 Å². The minimum atomic E-state index is -1.04. The molecular weight excluding hydrogens is 399 g/mol. The Labute approximate surface area is 166 Å². The van der Waals surface area contributed by atoms with Crippen molar-refractivity contribution < 1.29 is 27.9 Å². The highest BCUT2D eigenvalue weighted by Crippen LogP contribution is 2.44. The number of ketones is 1. The van der Waals surface area contributed by atoms with Crippen LogP contribution in [0, 0.1) is 5.82 Å². The molecule has 1 aliphatic rings. The zero-order chi connectivity index (χ0) is 20.1. The lowest BCUT2D eigenvalue weighted by Crippen LogP contribution is -2.30. The van der Waals surface area contributed by atoms with Crippen LogP contribution in [-0.4, -0.2) is 21.8 Å². The van der Waals surface area contributed by atoms with Gasteiger partial charge >= 0.3 is 0 Å². The molecule has 1 N–H and O–H groups in total. The molecule has 4 heterocycles. The van der Waals surface area contributed by atoms with Gasteiger partial charge in [0.25, 0.3) is 5.91 Å². The van der Waals surface area contributed by atoms with Gasteiger partial charge < -0.3 is 13.9 Å². The van der Waals surface area contributed by atoms with Crippen molar-refractivity contribution in [2.75, 3.05) is 4.90 Å². The smallest absolute Gasteiger partial charge is 0.296 e. The molecule has 0 saturated heterocycles. The van der Waals surface area contributed by atoms with E-state index in [-0.39, 0.29) is 22.2 Å². The Balaban J connectivity index is 1.67. The molecule has 1 atom stereocenters. The van der Waals surface area contributed by atoms with Gasteiger partial charge in [-0.25, -0.2) is 9.37 Å². The van der Waals surface area contributed by atoms with Gasteiger partial charge in [-0.1, -0.05) is 11.3 Å². The molecule has 0 fully saturated rings. The van der Waals surface area contributed by atoms with Crippen LogP contribution < -0.4 is 4.90 Å². The number of thiazole rings is 1. The van der Waals surface area contributed by atoms with Crippen molar-refractivity contribution in [1.82, 2.24) is 4.98 Å². The first kappa shape index (κ1) is 17.4. The molecule has 0 aliphatic carbocycles. The molecule has 144 valence electrons. The fraction of sp³-hybridized carbons (Fsp3) is 0.0500. The summed E-state index contributed by atoms with van der Waals surface area (Å²) in [5.41, 5.74) is 0.313. The van der Waals surface area contributed by atoms with Crippen molar-refractivity contribution in [2.45, 2.75) is 6.04 Å². The quantitative estimate of drug-likeness (QED) is 0.501.